The summed E-state index contributed by atoms with van der Waals surface area (Å²) in [7, 11) is 0. The first kappa shape index (κ1) is 14.2. The molecule has 2 aromatic heterocycles. The van der Waals surface area contributed by atoms with Crippen molar-refractivity contribution in [1.29, 1.82) is 0 Å². The second-order valence-corrected chi connectivity index (χ2v) is 6.63. The predicted octanol–water partition coefficient (Wildman–Crippen LogP) is 4.61. The van der Waals surface area contributed by atoms with E-state index in [4.69, 9.17) is 11.6 Å². The fraction of sp³-hybridized carbons (Fsp3) is 0.0588. The predicted molar refractivity (Wildman–Crippen MR) is 95.3 cm³/mol. The van der Waals surface area contributed by atoms with Crippen LogP contribution in [0.5, 0.6) is 0 Å². The summed E-state index contributed by atoms with van der Waals surface area (Å²) < 4.78 is 0.958. The highest BCUT2D eigenvalue weighted by atomic mass is 35.5. The van der Waals surface area contributed by atoms with Crippen LogP contribution in [0.25, 0.3) is 21.1 Å². The number of hydrogen-bond acceptors (Lipinski definition) is 3. The van der Waals surface area contributed by atoms with Crippen molar-refractivity contribution >= 4 is 55.1 Å². The first-order valence-corrected chi connectivity index (χ1v) is 8.30. The molecule has 0 saturated carbocycles. The average Bonchev–Trinajstić information content (AvgIpc) is 3.12. The van der Waals surface area contributed by atoms with Crippen LogP contribution >= 0.6 is 22.9 Å². The number of nitrogens with zero attached hydrogens (tertiary/aromatic N) is 1. The fourth-order valence-corrected chi connectivity index (χ4v) is 3.76. The van der Waals surface area contributed by atoms with E-state index in [0.717, 1.165) is 26.7 Å². The maximum Gasteiger partial charge on any atom is 0.230 e. The highest BCUT2D eigenvalue weighted by Gasteiger charge is 2.12. The molecule has 2 N–H and O–H groups in total. The molecule has 0 bridgehead atoms. The number of aromatic nitrogens is 2. The van der Waals surface area contributed by atoms with Crippen molar-refractivity contribution in [3.63, 3.8) is 0 Å². The minimum Gasteiger partial charge on any atom is -0.361 e. The minimum absolute atomic E-state index is 0.0927. The standard InChI is InChI=1S/C17H12ClN3OS/c18-12-5-3-7-14-16(12)21-17(23-14)20-15(22)8-10-9-19-13-6-2-1-4-11(10)13/h1-7,9,19H,8H2,(H,20,21,22). The van der Waals surface area contributed by atoms with Crippen LogP contribution in [-0.4, -0.2) is 15.9 Å². The molecule has 1 amide bonds. The molecule has 4 aromatic rings. The Balaban J connectivity index is 1.56. The largest absolute Gasteiger partial charge is 0.361 e. The van der Waals surface area contributed by atoms with Gasteiger partial charge in [-0.05, 0) is 23.8 Å². The average molecular weight is 342 g/mol. The van der Waals surface area contributed by atoms with E-state index in [9.17, 15) is 4.79 Å². The smallest absolute Gasteiger partial charge is 0.230 e. The topological polar surface area (TPSA) is 57.8 Å². The summed E-state index contributed by atoms with van der Waals surface area (Å²) in [6, 6.07) is 13.5. The molecule has 0 atom stereocenters. The van der Waals surface area contributed by atoms with E-state index < -0.39 is 0 Å². The number of para-hydroxylation sites is 2. The summed E-state index contributed by atoms with van der Waals surface area (Å²) in [5.41, 5.74) is 2.72. The Bertz CT molecular complexity index is 1020. The van der Waals surface area contributed by atoms with E-state index in [1.54, 1.807) is 6.07 Å². The molecular formula is C17H12ClN3OS. The number of halogens is 1. The summed E-state index contributed by atoms with van der Waals surface area (Å²) in [6.07, 6.45) is 2.17. The van der Waals surface area contributed by atoms with Crippen molar-refractivity contribution in [2.45, 2.75) is 6.42 Å². The number of benzene rings is 2. The van der Waals surface area contributed by atoms with E-state index in [2.05, 4.69) is 15.3 Å². The van der Waals surface area contributed by atoms with Crippen molar-refractivity contribution < 1.29 is 4.79 Å². The summed E-state index contributed by atoms with van der Waals surface area (Å²) in [6.45, 7) is 0. The number of H-pyrrole nitrogens is 1. The summed E-state index contributed by atoms with van der Waals surface area (Å²) in [5, 5.41) is 5.08. The Morgan fingerprint density at radius 2 is 2.09 bits per heavy atom. The maximum absolute atomic E-state index is 12.3. The molecule has 23 heavy (non-hydrogen) atoms. The zero-order valence-electron chi connectivity index (χ0n) is 12.0. The number of carbonyl (C=O) groups excluding carboxylic acids is 1. The number of rotatable bonds is 3. The molecule has 2 heterocycles. The number of fused-ring (bicyclic) bond motifs is 2. The lowest BCUT2D eigenvalue weighted by atomic mass is 10.1. The van der Waals surface area contributed by atoms with E-state index in [1.165, 1.54) is 11.3 Å². The molecule has 114 valence electrons. The van der Waals surface area contributed by atoms with E-state index in [-0.39, 0.29) is 5.91 Å². The van der Waals surface area contributed by atoms with Gasteiger partial charge in [0.15, 0.2) is 5.13 Å². The molecule has 0 spiro atoms. The Morgan fingerprint density at radius 1 is 1.22 bits per heavy atom. The SMILES string of the molecule is O=C(Cc1c[nH]c2ccccc12)Nc1nc2c(Cl)cccc2s1. The van der Waals surface area contributed by atoms with Gasteiger partial charge in [-0.15, -0.1) is 0 Å². The van der Waals surface area contributed by atoms with Gasteiger partial charge >= 0.3 is 0 Å². The van der Waals surface area contributed by atoms with Gasteiger partial charge in [-0.2, -0.15) is 0 Å². The van der Waals surface area contributed by atoms with Gasteiger partial charge in [0.25, 0.3) is 0 Å². The van der Waals surface area contributed by atoms with Crippen molar-refractivity contribution in [3.8, 4) is 0 Å². The van der Waals surface area contributed by atoms with Gasteiger partial charge in [0.05, 0.1) is 16.1 Å². The third-order valence-corrected chi connectivity index (χ3v) is 4.88. The number of thiazole rings is 1. The van der Waals surface area contributed by atoms with Crippen LogP contribution in [0.4, 0.5) is 5.13 Å². The van der Waals surface area contributed by atoms with Gasteiger partial charge in [-0.1, -0.05) is 47.2 Å². The zero-order chi connectivity index (χ0) is 15.8. The molecule has 0 saturated heterocycles. The number of amides is 1. The number of carbonyl (C=O) groups is 1. The number of aromatic amines is 1. The van der Waals surface area contributed by atoms with Crippen LogP contribution in [0.15, 0.2) is 48.7 Å². The van der Waals surface area contributed by atoms with Crippen LogP contribution in [0, 0.1) is 0 Å². The maximum atomic E-state index is 12.3. The molecular weight excluding hydrogens is 330 g/mol. The van der Waals surface area contributed by atoms with Crippen LogP contribution in [-0.2, 0) is 11.2 Å². The molecule has 0 radical (unpaired) electrons. The molecule has 0 unspecified atom stereocenters. The quantitative estimate of drug-likeness (QED) is 0.571. The first-order valence-electron chi connectivity index (χ1n) is 7.10. The van der Waals surface area contributed by atoms with Crippen molar-refractivity contribution in [1.82, 2.24) is 9.97 Å². The van der Waals surface area contributed by atoms with Gasteiger partial charge < -0.3 is 10.3 Å². The monoisotopic (exact) mass is 341 g/mol. The Labute approximate surface area is 141 Å². The summed E-state index contributed by atoms with van der Waals surface area (Å²) in [4.78, 5) is 19.9. The number of nitrogens with one attached hydrogen (secondary N) is 2. The third kappa shape index (κ3) is 2.69. The Hall–Kier alpha value is -2.37. The molecule has 2 aromatic carbocycles. The van der Waals surface area contributed by atoms with Crippen LogP contribution in [0.1, 0.15) is 5.56 Å². The lowest BCUT2D eigenvalue weighted by Gasteiger charge is -2.00. The Morgan fingerprint density at radius 3 is 2.96 bits per heavy atom. The third-order valence-electron chi connectivity index (χ3n) is 3.64. The lowest BCUT2D eigenvalue weighted by molar-refractivity contribution is -0.115. The van der Waals surface area contributed by atoms with Crippen molar-refractivity contribution in [3.05, 3.63) is 59.2 Å². The Kier molecular flexibility index (Phi) is 3.52. The van der Waals surface area contributed by atoms with Gasteiger partial charge in [-0.25, -0.2) is 4.98 Å². The molecule has 4 rings (SSSR count). The van der Waals surface area contributed by atoms with Crippen molar-refractivity contribution in [2.75, 3.05) is 5.32 Å². The summed E-state index contributed by atoms with van der Waals surface area (Å²) in [5.74, 6) is -0.0927. The summed E-state index contributed by atoms with van der Waals surface area (Å²) >= 11 is 7.54. The van der Waals surface area contributed by atoms with E-state index in [1.807, 2.05) is 42.6 Å². The van der Waals surface area contributed by atoms with Crippen molar-refractivity contribution in [2.24, 2.45) is 0 Å². The molecule has 0 aliphatic rings. The normalized spacial score (nSPS) is 11.2. The van der Waals surface area contributed by atoms with Gasteiger partial charge in [0.1, 0.15) is 5.52 Å². The second kappa shape index (κ2) is 5.68. The zero-order valence-corrected chi connectivity index (χ0v) is 13.5. The highest BCUT2D eigenvalue weighted by Crippen LogP contribution is 2.30. The molecule has 0 aliphatic heterocycles. The van der Waals surface area contributed by atoms with Gasteiger partial charge in [0, 0.05) is 17.1 Å². The van der Waals surface area contributed by atoms with Gasteiger partial charge in [-0.3, -0.25) is 4.79 Å². The van der Waals surface area contributed by atoms with E-state index in [0.29, 0.717) is 16.6 Å². The number of anilines is 1. The van der Waals surface area contributed by atoms with Gasteiger partial charge in [0.2, 0.25) is 5.91 Å². The minimum atomic E-state index is -0.0927. The van der Waals surface area contributed by atoms with E-state index >= 15 is 0 Å². The lowest BCUT2D eigenvalue weighted by Crippen LogP contribution is -2.13. The fourth-order valence-electron chi connectivity index (χ4n) is 2.58. The molecule has 6 heteroatoms. The molecule has 0 aliphatic carbocycles. The first-order chi connectivity index (χ1) is 11.2. The van der Waals surface area contributed by atoms with Crippen LogP contribution in [0.3, 0.4) is 0 Å². The van der Waals surface area contributed by atoms with Crippen LogP contribution in [0.2, 0.25) is 5.02 Å². The highest BCUT2D eigenvalue weighted by molar-refractivity contribution is 7.22. The molecule has 4 nitrogen and oxygen atoms in total. The van der Waals surface area contributed by atoms with Crippen LogP contribution < -0.4 is 5.32 Å². The second-order valence-electron chi connectivity index (χ2n) is 5.19. The number of hydrogen-bond donors (Lipinski definition) is 2. The molecule has 0 fully saturated rings.